The molecule has 0 saturated carbocycles. The standard InChI is InChI=1S/C26H32N2O2/c1-25(2,3)21-15-24(30-20-12-8-10-18(28)14-20)22(26(4,5)6)16-23(21)29-19-11-7-9-17(27)13-19/h7-16H,27-28H2,1-6H3. The summed E-state index contributed by atoms with van der Waals surface area (Å²) in [5.74, 6) is 3.03. The highest BCUT2D eigenvalue weighted by Gasteiger charge is 2.27. The van der Waals surface area contributed by atoms with Crippen LogP contribution in [0.15, 0.2) is 60.7 Å². The van der Waals surface area contributed by atoms with Crippen molar-refractivity contribution in [1.82, 2.24) is 0 Å². The lowest BCUT2D eigenvalue weighted by atomic mass is 9.81. The fourth-order valence-electron chi connectivity index (χ4n) is 3.31. The maximum atomic E-state index is 6.32. The summed E-state index contributed by atoms with van der Waals surface area (Å²) >= 11 is 0. The second kappa shape index (κ2) is 7.94. The number of rotatable bonds is 4. The van der Waals surface area contributed by atoms with E-state index in [2.05, 4.69) is 53.7 Å². The Balaban J connectivity index is 2.15. The quantitative estimate of drug-likeness (QED) is 0.458. The molecule has 3 rings (SSSR count). The Labute approximate surface area is 179 Å². The summed E-state index contributed by atoms with van der Waals surface area (Å²) in [4.78, 5) is 0. The van der Waals surface area contributed by atoms with E-state index >= 15 is 0 Å². The normalized spacial score (nSPS) is 11.9. The average Bonchev–Trinajstić information content (AvgIpc) is 2.61. The molecule has 0 radical (unpaired) electrons. The number of ether oxygens (including phenoxy) is 2. The van der Waals surface area contributed by atoms with Crippen LogP contribution in [0.25, 0.3) is 0 Å². The number of nitrogens with two attached hydrogens (primary N) is 2. The number of nitrogen functional groups attached to an aromatic ring is 2. The van der Waals surface area contributed by atoms with Gasteiger partial charge in [0.2, 0.25) is 0 Å². The van der Waals surface area contributed by atoms with Crippen LogP contribution >= 0.6 is 0 Å². The molecule has 0 spiro atoms. The molecule has 0 aliphatic heterocycles. The van der Waals surface area contributed by atoms with E-state index in [4.69, 9.17) is 20.9 Å². The van der Waals surface area contributed by atoms with Gasteiger partial charge in [0.05, 0.1) is 0 Å². The minimum atomic E-state index is -0.153. The molecule has 0 aromatic heterocycles. The molecular weight excluding hydrogens is 372 g/mol. The Bertz CT molecular complexity index is 958. The molecule has 0 aliphatic rings. The third-order valence-electron chi connectivity index (χ3n) is 4.87. The van der Waals surface area contributed by atoms with Crippen LogP contribution in [0.2, 0.25) is 0 Å². The molecule has 0 amide bonds. The third kappa shape index (κ3) is 5.07. The number of benzene rings is 3. The summed E-state index contributed by atoms with van der Waals surface area (Å²) in [6, 6.07) is 19.2. The van der Waals surface area contributed by atoms with E-state index in [0.717, 1.165) is 22.6 Å². The second-order valence-corrected chi connectivity index (χ2v) is 9.69. The molecule has 0 aliphatic carbocycles. The first-order chi connectivity index (χ1) is 13.9. The van der Waals surface area contributed by atoms with Gasteiger partial charge in [-0.05, 0) is 47.2 Å². The molecule has 0 heterocycles. The molecule has 3 aromatic rings. The molecule has 0 fully saturated rings. The van der Waals surface area contributed by atoms with Gasteiger partial charge in [-0.25, -0.2) is 0 Å². The van der Waals surface area contributed by atoms with Crippen LogP contribution in [-0.2, 0) is 10.8 Å². The molecule has 0 unspecified atom stereocenters. The Morgan fingerprint density at radius 2 is 0.933 bits per heavy atom. The highest BCUT2D eigenvalue weighted by Crippen LogP contribution is 2.44. The van der Waals surface area contributed by atoms with E-state index in [1.165, 1.54) is 0 Å². The molecular formula is C26H32N2O2. The maximum absolute atomic E-state index is 6.32. The van der Waals surface area contributed by atoms with Crippen molar-refractivity contribution in [3.63, 3.8) is 0 Å². The molecule has 0 bridgehead atoms. The van der Waals surface area contributed by atoms with Crippen molar-refractivity contribution >= 4 is 11.4 Å². The van der Waals surface area contributed by atoms with Crippen LogP contribution in [0.1, 0.15) is 52.7 Å². The first kappa shape index (κ1) is 21.6. The predicted molar refractivity (Wildman–Crippen MR) is 126 cm³/mol. The SMILES string of the molecule is CC(C)(C)c1cc(Oc2cccc(N)c2)c(C(C)(C)C)cc1Oc1cccc(N)c1. The first-order valence-corrected chi connectivity index (χ1v) is 10.2. The van der Waals surface area contributed by atoms with Gasteiger partial charge in [-0.1, -0.05) is 53.7 Å². The number of hydrogen-bond acceptors (Lipinski definition) is 4. The fourth-order valence-corrected chi connectivity index (χ4v) is 3.31. The van der Waals surface area contributed by atoms with E-state index in [1.807, 2.05) is 48.5 Å². The summed E-state index contributed by atoms with van der Waals surface area (Å²) in [5, 5.41) is 0. The Morgan fingerprint density at radius 3 is 1.23 bits per heavy atom. The molecule has 158 valence electrons. The molecule has 4 N–H and O–H groups in total. The van der Waals surface area contributed by atoms with Gasteiger partial charge >= 0.3 is 0 Å². The van der Waals surface area contributed by atoms with Gasteiger partial charge in [0, 0.05) is 34.6 Å². The van der Waals surface area contributed by atoms with Gasteiger partial charge in [0.25, 0.3) is 0 Å². The first-order valence-electron chi connectivity index (χ1n) is 10.2. The Kier molecular flexibility index (Phi) is 5.71. The maximum Gasteiger partial charge on any atom is 0.131 e. The third-order valence-corrected chi connectivity index (χ3v) is 4.87. The van der Waals surface area contributed by atoms with Crippen LogP contribution in [0.4, 0.5) is 11.4 Å². The Hall–Kier alpha value is -3.14. The molecule has 3 aromatic carbocycles. The van der Waals surface area contributed by atoms with Crippen molar-refractivity contribution in [3.8, 4) is 23.0 Å². The fraction of sp³-hybridized carbons (Fsp3) is 0.308. The smallest absolute Gasteiger partial charge is 0.131 e. The van der Waals surface area contributed by atoms with Crippen molar-refractivity contribution in [2.75, 3.05) is 11.5 Å². The van der Waals surface area contributed by atoms with E-state index in [0.29, 0.717) is 22.9 Å². The van der Waals surface area contributed by atoms with E-state index < -0.39 is 0 Å². The highest BCUT2D eigenvalue weighted by molar-refractivity contribution is 5.55. The van der Waals surface area contributed by atoms with Crippen LogP contribution in [-0.4, -0.2) is 0 Å². The van der Waals surface area contributed by atoms with Gasteiger partial charge in [-0.3, -0.25) is 0 Å². The zero-order valence-corrected chi connectivity index (χ0v) is 18.7. The lowest BCUT2D eigenvalue weighted by Crippen LogP contribution is -2.17. The minimum Gasteiger partial charge on any atom is -0.457 e. The van der Waals surface area contributed by atoms with Crippen molar-refractivity contribution in [3.05, 3.63) is 71.8 Å². The summed E-state index contributed by atoms with van der Waals surface area (Å²) in [6.45, 7) is 13.0. The molecule has 30 heavy (non-hydrogen) atoms. The zero-order valence-electron chi connectivity index (χ0n) is 18.7. The molecule has 0 atom stereocenters. The minimum absolute atomic E-state index is 0.153. The number of anilines is 2. The van der Waals surface area contributed by atoms with Gasteiger partial charge in [-0.15, -0.1) is 0 Å². The van der Waals surface area contributed by atoms with E-state index in [1.54, 1.807) is 0 Å². The summed E-state index contributed by atoms with van der Waals surface area (Å²) in [5.41, 5.74) is 15.0. The lowest BCUT2D eigenvalue weighted by Gasteiger charge is -2.29. The second-order valence-electron chi connectivity index (χ2n) is 9.69. The summed E-state index contributed by atoms with van der Waals surface area (Å²) in [7, 11) is 0. The number of hydrogen-bond donors (Lipinski definition) is 2. The van der Waals surface area contributed by atoms with Gasteiger partial charge in [-0.2, -0.15) is 0 Å². The molecule has 4 heteroatoms. The van der Waals surface area contributed by atoms with Crippen molar-refractivity contribution < 1.29 is 9.47 Å². The van der Waals surface area contributed by atoms with Crippen LogP contribution < -0.4 is 20.9 Å². The molecule has 0 saturated heterocycles. The zero-order chi connectivity index (χ0) is 22.1. The monoisotopic (exact) mass is 404 g/mol. The van der Waals surface area contributed by atoms with E-state index in [-0.39, 0.29) is 10.8 Å². The topological polar surface area (TPSA) is 70.5 Å². The Morgan fingerprint density at radius 1 is 0.567 bits per heavy atom. The average molecular weight is 405 g/mol. The van der Waals surface area contributed by atoms with Gasteiger partial charge < -0.3 is 20.9 Å². The van der Waals surface area contributed by atoms with Crippen LogP contribution in [0, 0.1) is 0 Å². The van der Waals surface area contributed by atoms with Crippen LogP contribution in [0.3, 0.4) is 0 Å². The van der Waals surface area contributed by atoms with Crippen molar-refractivity contribution in [2.45, 2.75) is 52.4 Å². The van der Waals surface area contributed by atoms with Crippen molar-refractivity contribution in [2.24, 2.45) is 0 Å². The van der Waals surface area contributed by atoms with E-state index in [9.17, 15) is 0 Å². The van der Waals surface area contributed by atoms with Gasteiger partial charge in [0.1, 0.15) is 23.0 Å². The van der Waals surface area contributed by atoms with Crippen molar-refractivity contribution in [1.29, 1.82) is 0 Å². The van der Waals surface area contributed by atoms with Crippen LogP contribution in [0.5, 0.6) is 23.0 Å². The largest absolute Gasteiger partial charge is 0.457 e. The summed E-state index contributed by atoms with van der Waals surface area (Å²) in [6.07, 6.45) is 0. The highest BCUT2D eigenvalue weighted by atomic mass is 16.5. The lowest BCUT2D eigenvalue weighted by molar-refractivity contribution is 0.429. The summed E-state index contributed by atoms with van der Waals surface area (Å²) < 4.78 is 12.6. The van der Waals surface area contributed by atoms with Gasteiger partial charge in [0.15, 0.2) is 0 Å². The predicted octanol–water partition coefficient (Wildman–Crippen LogP) is 7.03. The molecule has 4 nitrogen and oxygen atoms in total.